The lowest BCUT2D eigenvalue weighted by atomic mass is 10.1. The van der Waals surface area contributed by atoms with Crippen molar-refractivity contribution < 1.29 is 9.18 Å². The second-order valence-corrected chi connectivity index (χ2v) is 7.21. The maximum Gasteiger partial charge on any atom is 0.278 e. The van der Waals surface area contributed by atoms with E-state index in [2.05, 4.69) is 20.6 Å². The Morgan fingerprint density at radius 1 is 1.10 bits per heavy atom. The van der Waals surface area contributed by atoms with E-state index in [9.17, 15) is 9.18 Å². The van der Waals surface area contributed by atoms with Crippen LogP contribution in [0.15, 0.2) is 42.5 Å². The summed E-state index contributed by atoms with van der Waals surface area (Å²) in [5.74, 6) is -1.07. The molecule has 2 aromatic heterocycles. The largest absolute Gasteiger partial charge is 0.318 e. The number of benzene rings is 2. The summed E-state index contributed by atoms with van der Waals surface area (Å²) in [5, 5.41) is 16.0. The summed E-state index contributed by atoms with van der Waals surface area (Å²) in [4.78, 5) is 12.7. The third kappa shape index (κ3) is 3.45. The van der Waals surface area contributed by atoms with Crippen LogP contribution in [-0.2, 0) is 0 Å². The maximum absolute atomic E-state index is 14.1. The molecule has 146 valence electrons. The molecule has 0 aliphatic carbocycles. The zero-order valence-corrected chi connectivity index (χ0v) is 16.8. The minimum atomic E-state index is -0.558. The van der Waals surface area contributed by atoms with Gasteiger partial charge in [-0.2, -0.15) is 5.10 Å². The Kier molecular flexibility index (Phi) is 4.76. The molecule has 1 N–H and O–H groups in total. The molecule has 0 fully saturated rings. The second kappa shape index (κ2) is 7.25. The monoisotopic (exact) mass is 409 g/mol. The SMILES string of the molecule is Cc1ccc(NC(=O)c2nnc3c(-c4cccc(Cl)c4)c(C)nn3c2C)c(F)c1. The summed E-state index contributed by atoms with van der Waals surface area (Å²) in [6.07, 6.45) is 0. The molecular formula is C21H17ClFN5O. The number of nitrogens with one attached hydrogen (secondary N) is 1. The molecule has 0 aliphatic heterocycles. The molecule has 2 heterocycles. The summed E-state index contributed by atoms with van der Waals surface area (Å²) in [5.41, 5.74) is 4.30. The average Bonchev–Trinajstić information content (AvgIpc) is 3.01. The molecule has 2 aromatic carbocycles. The molecule has 8 heteroatoms. The van der Waals surface area contributed by atoms with E-state index in [4.69, 9.17) is 11.6 Å². The Hall–Kier alpha value is -3.32. The maximum atomic E-state index is 14.1. The number of rotatable bonds is 3. The summed E-state index contributed by atoms with van der Waals surface area (Å²) >= 11 is 6.12. The predicted molar refractivity (Wildman–Crippen MR) is 110 cm³/mol. The van der Waals surface area contributed by atoms with E-state index in [0.29, 0.717) is 16.4 Å². The van der Waals surface area contributed by atoms with Crippen molar-refractivity contribution in [2.45, 2.75) is 20.8 Å². The average molecular weight is 410 g/mol. The Morgan fingerprint density at radius 2 is 1.90 bits per heavy atom. The minimum absolute atomic E-state index is 0.0672. The highest BCUT2D eigenvalue weighted by molar-refractivity contribution is 6.30. The van der Waals surface area contributed by atoms with Crippen molar-refractivity contribution in [3.63, 3.8) is 0 Å². The Morgan fingerprint density at radius 3 is 2.62 bits per heavy atom. The highest BCUT2D eigenvalue weighted by atomic mass is 35.5. The number of hydrogen-bond acceptors (Lipinski definition) is 4. The van der Waals surface area contributed by atoms with Gasteiger partial charge in [0.15, 0.2) is 11.3 Å². The zero-order chi connectivity index (χ0) is 20.7. The first kappa shape index (κ1) is 19.0. The normalized spacial score (nSPS) is 11.1. The number of aromatic nitrogens is 4. The molecule has 4 aromatic rings. The molecule has 0 aliphatic rings. The van der Waals surface area contributed by atoms with Gasteiger partial charge in [0.25, 0.3) is 5.91 Å². The van der Waals surface area contributed by atoms with Crippen molar-refractivity contribution in [1.82, 2.24) is 19.8 Å². The van der Waals surface area contributed by atoms with Crippen molar-refractivity contribution in [3.05, 3.63) is 75.9 Å². The van der Waals surface area contributed by atoms with Crippen LogP contribution < -0.4 is 5.32 Å². The van der Waals surface area contributed by atoms with Gasteiger partial charge < -0.3 is 5.32 Å². The van der Waals surface area contributed by atoms with Crippen molar-refractivity contribution in [3.8, 4) is 11.1 Å². The third-order valence-corrected chi connectivity index (χ3v) is 4.88. The summed E-state index contributed by atoms with van der Waals surface area (Å²) in [7, 11) is 0. The first-order valence-corrected chi connectivity index (χ1v) is 9.29. The Labute approximate surface area is 171 Å². The van der Waals surface area contributed by atoms with Crippen molar-refractivity contribution in [1.29, 1.82) is 0 Å². The molecule has 0 atom stereocenters. The fourth-order valence-electron chi connectivity index (χ4n) is 3.21. The molecule has 0 radical (unpaired) electrons. The van der Waals surface area contributed by atoms with Crippen LogP contribution in [0, 0.1) is 26.6 Å². The summed E-state index contributed by atoms with van der Waals surface area (Å²) in [6.45, 7) is 5.35. The Bertz CT molecular complexity index is 1270. The lowest BCUT2D eigenvalue weighted by Gasteiger charge is -2.09. The molecule has 29 heavy (non-hydrogen) atoms. The van der Waals surface area contributed by atoms with Gasteiger partial charge in [0.2, 0.25) is 0 Å². The Balaban J connectivity index is 1.76. The van der Waals surface area contributed by atoms with Gasteiger partial charge in [-0.15, -0.1) is 10.2 Å². The number of nitrogens with zero attached hydrogens (tertiary/aromatic N) is 4. The second-order valence-electron chi connectivity index (χ2n) is 6.78. The van der Waals surface area contributed by atoms with Gasteiger partial charge in [-0.25, -0.2) is 8.91 Å². The number of anilines is 1. The smallest absolute Gasteiger partial charge is 0.278 e. The van der Waals surface area contributed by atoms with Crippen LogP contribution in [0.3, 0.4) is 0 Å². The number of amides is 1. The van der Waals surface area contributed by atoms with E-state index < -0.39 is 11.7 Å². The van der Waals surface area contributed by atoms with Crippen LogP contribution in [0.25, 0.3) is 16.8 Å². The van der Waals surface area contributed by atoms with E-state index in [1.165, 1.54) is 12.1 Å². The third-order valence-electron chi connectivity index (χ3n) is 4.64. The van der Waals surface area contributed by atoms with Gasteiger partial charge in [-0.05, 0) is 56.2 Å². The molecule has 6 nitrogen and oxygen atoms in total. The van der Waals surface area contributed by atoms with Gasteiger partial charge in [-0.3, -0.25) is 4.79 Å². The number of aryl methyl sites for hydroxylation is 3. The number of carbonyl (C=O) groups excluding carboxylic acids is 1. The van der Waals surface area contributed by atoms with Gasteiger partial charge in [0, 0.05) is 5.02 Å². The van der Waals surface area contributed by atoms with Crippen LogP contribution >= 0.6 is 11.6 Å². The highest BCUT2D eigenvalue weighted by Crippen LogP contribution is 2.29. The van der Waals surface area contributed by atoms with Crippen molar-refractivity contribution in [2.75, 3.05) is 5.32 Å². The number of halogens is 2. The number of fused-ring (bicyclic) bond motifs is 1. The predicted octanol–water partition coefficient (Wildman–Crippen LogP) is 4.76. The van der Waals surface area contributed by atoms with Crippen LogP contribution in [0.2, 0.25) is 5.02 Å². The first-order valence-electron chi connectivity index (χ1n) is 8.91. The lowest BCUT2D eigenvalue weighted by molar-refractivity contribution is 0.101. The highest BCUT2D eigenvalue weighted by Gasteiger charge is 2.21. The number of carbonyl (C=O) groups is 1. The fraction of sp³-hybridized carbons (Fsp3) is 0.143. The lowest BCUT2D eigenvalue weighted by Crippen LogP contribution is -2.19. The molecule has 0 saturated heterocycles. The van der Waals surface area contributed by atoms with Gasteiger partial charge >= 0.3 is 0 Å². The molecule has 0 unspecified atom stereocenters. The van der Waals surface area contributed by atoms with E-state index in [-0.39, 0.29) is 11.4 Å². The van der Waals surface area contributed by atoms with Gasteiger partial charge in [0.05, 0.1) is 22.6 Å². The van der Waals surface area contributed by atoms with Crippen LogP contribution in [0.4, 0.5) is 10.1 Å². The minimum Gasteiger partial charge on any atom is -0.318 e. The first-order chi connectivity index (χ1) is 13.8. The molecule has 0 saturated carbocycles. The molecule has 1 amide bonds. The molecular weight excluding hydrogens is 393 g/mol. The van der Waals surface area contributed by atoms with Crippen LogP contribution in [0.1, 0.15) is 27.4 Å². The van der Waals surface area contributed by atoms with Gasteiger partial charge in [0.1, 0.15) is 5.82 Å². The van der Waals surface area contributed by atoms with Gasteiger partial charge in [-0.1, -0.05) is 29.8 Å². The van der Waals surface area contributed by atoms with Crippen molar-refractivity contribution >= 4 is 28.8 Å². The van der Waals surface area contributed by atoms with Crippen molar-refractivity contribution in [2.24, 2.45) is 0 Å². The van der Waals surface area contributed by atoms with E-state index in [0.717, 1.165) is 22.4 Å². The fourth-order valence-corrected chi connectivity index (χ4v) is 3.40. The molecule has 0 bridgehead atoms. The van der Waals surface area contributed by atoms with Crippen LogP contribution in [-0.4, -0.2) is 25.7 Å². The van der Waals surface area contributed by atoms with E-state index >= 15 is 0 Å². The zero-order valence-electron chi connectivity index (χ0n) is 16.0. The topological polar surface area (TPSA) is 72.2 Å². The summed E-state index contributed by atoms with van der Waals surface area (Å²) in [6, 6.07) is 11.9. The molecule has 0 spiro atoms. The number of hydrogen-bond donors (Lipinski definition) is 1. The standard InChI is InChI=1S/C21H17ClFN5O/c1-11-7-8-17(16(23)9-11)24-21(29)19-13(3)28-20(26-25-19)18(12(2)27-28)14-5-4-6-15(22)10-14/h4-10H,1-3H3,(H,24,29). The molecule has 4 rings (SSSR count). The van der Waals surface area contributed by atoms with E-state index in [1.807, 2.05) is 25.1 Å². The van der Waals surface area contributed by atoms with Crippen LogP contribution in [0.5, 0.6) is 0 Å². The summed E-state index contributed by atoms with van der Waals surface area (Å²) < 4.78 is 15.6. The van der Waals surface area contributed by atoms with E-state index in [1.54, 1.807) is 30.5 Å². The quantitative estimate of drug-likeness (QED) is 0.529.